The average Bonchev–Trinajstić information content (AvgIpc) is 3.61. The van der Waals surface area contributed by atoms with Crippen molar-refractivity contribution in [2.24, 2.45) is 0 Å². The summed E-state index contributed by atoms with van der Waals surface area (Å²) in [5, 5.41) is 3.64. The second-order valence-corrected chi connectivity index (χ2v) is 11.6. The van der Waals surface area contributed by atoms with Gasteiger partial charge in [0.1, 0.15) is 11.6 Å². The topological polar surface area (TPSA) is 74.5 Å². The van der Waals surface area contributed by atoms with E-state index in [9.17, 15) is 4.79 Å². The fraction of sp³-hybridized carbons (Fsp3) is 0.194. The van der Waals surface area contributed by atoms with Crippen LogP contribution in [0.15, 0.2) is 125 Å². The maximum absolute atomic E-state index is 12.7. The monoisotopic (exact) mass is 601 g/mol. The first-order valence-electron chi connectivity index (χ1n) is 14.9. The van der Waals surface area contributed by atoms with Gasteiger partial charge in [-0.25, -0.2) is 9.97 Å². The number of furan rings is 1. The Kier molecular flexibility index (Phi) is 9.81. The standard InChI is InChI=1S/C36H35N5O2S/c42-35(37-26-32-17-9-23-43-32)31-16-7-12-29(24-31)27-44-36-38-33(30-14-5-2-6-15-30)25-34(39-36)41-21-19-40(20-22-41)18-8-13-28-10-3-1-4-11-28/h1-17,23-25H,18-22,26-27H2,(H,37,42)/b13-8+. The number of piperazine rings is 1. The number of thioether (sulfide) groups is 1. The molecule has 1 saturated heterocycles. The number of carbonyl (C=O) groups is 1. The fourth-order valence-corrected chi connectivity index (χ4v) is 5.89. The Morgan fingerprint density at radius 2 is 1.66 bits per heavy atom. The molecular weight excluding hydrogens is 566 g/mol. The number of amides is 1. The van der Waals surface area contributed by atoms with Crippen LogP contribution in [-0.4, -0.2) is 53.5 Å². The number of hydrogen-bond donors (Lipinski definition) is 1. The van der Waals surface area contributed by atoms with Crippen LogP contribution in [0.4, 0.5) is 5.82 Å². The van der Waals surface area contributed by atoms with Gasteiger partial charge in [-0.3, -0.25) is 9.69 Å². The highest BCUT2D eigenvalue weighted by Gasteiger charge is 2.19. The van der Waals surface area contributed by atoms with Crippen LogP contribution in [0.3, 0.4) is 0 Å². The largest absolute Gasteiger partial charge is 0.467 e. The molecule has 0 aliphatic carbocycles. The molecule has 3 aromatic carbocycles. The first-order chi connectivity index (χ1) is 21.7. The molecule has 0 bridgehead atoms. The number of anilines is 1. The summed E-state index contributed by atoms with van der Waals surface area (Å²) < 4.78 is 5.32. The summed E-state index contributed by atoms with van der Waals surface area (Å²) in [7, 11) is 0. The molecule has 2 aromatic heterocycles. The van der Waals surface area contributed by atoms with Crippen LogP contribution >= 0.6 is 11.8 Å². The highest BCUT2D eigenvalue weighted by molar-refractivity contribution is 7.98. The van der Waals surface area contributed by atoms with Gasteiger partial charge in [-0.15, -0.1) is 0 Å². The minimum absolute atomic E-state index is 0.132. The van der Waals surface area contributed by atoms with E-state index < -0.39 is 0 Å². The van der Waals surface area contributed by atoms with Crippen LogP contribution in [0.2, 0.25) is 0 Å². The molecule has 7 nitrogen and oxygen atoms in total. The number of nitrogens with one attached hydrogen (secondary N) is 1. The minimum Gasteiger partial charge on any atom is -0.467 e. The Labute approximate surface area is 262 Å². The molecule has 8 heteroatoms. The third-order valence-corrected chi connectivity index (χ3v) is 8.41. The van der Waals surface area contributed by atoms with Gasteiger partial charge in [-0.2, -0.15) is 0 Å². The van der Waals surface area contributed by atoms with Gasteiger partial charge in [0.15, 0.2) is 5.16 Å². The average molecular weight is 602 g/mol. The quantitative estimate of drug-likeness (QED) is 0.132. The summed E-state index contributed by atoms with van der Waals surface area (Å²) in [5.74, 6) is 2.19. The van der Waals surface area contributed by atoms with Crippen LogP contribution in [0.1, 0.15) is 27.2 Å². The van der Waals surface area contributed by atoms with Crippen molar-refractivity contribution in [3.8, 4) is 11.3 Å². The van der Waals surface area contributed by atoms with E-state index in [2.05, 4.69) is 69.7 Å². The molecular formula is C36H35N5O2S. The van der Waals surface area contributed by atoms with E-state index >= 15 is 0 Å². The van der Waals surface area contributed by atoms with Crippen molar-refractivity contribution in [3.05, 3.63) is 138 Å². The normalized spacial score (nSPS) is 13.8. The molecule has 0 radical (unpaired) electrons. The summed E-state index contributed by atoms with van der Waals surface area (Å²) in [4.78, 5) is 27.5. The SMILES string of the molecule is O=C(NCc1ccco1)c1cccc(CSc2nc(-c3ccccc3)cc(N3CCN(C/C=C/c4ccccc4)CC3)n2)c1. The zero-order valence-electron chi connectivity index (χ0n) is 24.5. The van der Waals surface area contributed by atoms with E-state index in [1.54, 1.807) is 18.0 Å². The smallest absolute Gasteiger partial charge is 0.251 e. The van der Waals surface area contributed by atoms with Crippen molar-refractivity contribution in [1.82, 2.24) is 20.2 Å². The Morgan fingerprint density at radius 3 is 2.43 bits per heavy atom. The van der Waals surface area contributed by atoms with Crippen LogP contribution in [-0.2, 0) is 12.3 Å². The summed E-state index contributed by atoms with van der Waals surface area (Å²) in [6.45, 7) is 5.05. The fourth-order valence-electron chi connectivity index (χ4n) is 5.09. The first-order valence-corrected chi connectivity index (χ1v) is 15.8. The molecule has 0 saturated carbocycles. The number of aromatic nitrogens is 2. The van der Waals surface area contributed by atoms with Gasteiger partial charge < -0.3 is 14.6 Å². The molecule has 1 amide bonds. The summed E-state index contributed by atoms with van der Waals surface area (Å²) in [6.07, 6.45) is 6.04. The van der Waals surface area contributed by atoms with Crippen molar-refractivity contribution in [3.63, 3.8) is 0 Å². The van der Waals surface area contributed by atoms with Gasteiger partial charge in [0.05, 0.1) is 18.5 Å². The van der Waals surface area contributed by atoms with Gasteiger partial charge in [-0.05, 0) is 35.4 Å². The maximum Gasteiger partial charge on any atom is 0.251 e. The molecule has 3 heterocycles. The Bertz CT molecular complexity index is 1670. The van der Waals surface area contributed by atoms with Crippen LogP contribution in [0.5, 0.6) is 0 Å². The molecule has 1 aliphatic rings. The van der Waals surface area contributed by atoms with E-state index in [1.807, 2.05) is 60.7 Å². The van der Waals surface area contributed by atoms with Crippen molar-refractivity contribution in [1.29, 1.82) is 0 Å². The predicted octanol–water partition coefficient (Wildman–Crippen LogP) is 6.79. The highest BCUT2D eigenvalue weighted by atomic mass is 32.2. The molecule has 44 heavy (non-hydrogen) atoms. The summed E-state index contributed by atoms with van der Waals surface area (Å²) in [6, 6.07) is 34.2. The predicted molar refractivity (Wildman–Crippen MR) is 177 cm³/mol. The minimum atomic E-state index is -0.132. The summed E-state index contributed by atoms with van der Waals surface area (Å²) in [5.41, 5.74) is 4.86. The lowest BCUT2D eigenvalue weighted by atomic mass is 10.1. The van der Waals surface area contributed by atoms with Gasteiger partial charge in [-0.1, -0.05) is 96.7 Å². The molecule has 6 rings (SSSR count). The van der Waals surface area contributed by atoms with Crippen molar-refractivity contribution in [2.75, 3.05) is 37.6 Å². The van der Waals surface area contributed by atoms with E-state index in [4.69, 9.17) is 14.4 Å². The molecule has 222 valence electrons. The molecule has 0 unspecified atom stereocenters. The van der Waals surface area contributed by atoms with Crippen LogP contribution in [0, 0.1) is 0 Å². The van der Waals surface area contributed by atoms with Crippen molar-refractivity contribution in [2.45, 2.75) is 17.5 Å². The van der Waals surface area contributed by atoms with Gasteiger partial charge >= 0.3 is 0 Å². The van der Waals surface area contributed by atoms with E-state index in [0.29, 0.717) is 17.9 Å². The molecule has 0 atom stereocenters. The molecule has 1 fully saturated rings. The van der Waals surface area contributed by atoms with Crippen LogP contribution < -0.4 is 10.2 Å². The zero-order valence-corrected chi connectivity index (χ0v) is 25.3. The van der Waals surface area contributed by atoms with Crippen LogP contribution in [0.25, 0.3) is 17.3 Å². The lowest BCUT2D eigenvalue weighted by Gasteiger charge is -2.35. The van der Waals surface area contributed by atoms with E-state index in [1.165, 1.54) is 5.56 Å². The second-order valence-electron chi connectivity index (χ2n) is 10.6. The lowest BCUT2D eigenvalue weighted by Crippen LogP contribution is -2.46. The number of rotatable bonds is 11. The number of carbonyl (C=O) groups excluding carboxylic acids is 1. The maximum atomic E-state index is 12.7. The molecule has 1 aliphatic heterocycles. The number of benzene rings is 3. The Morgan fingerprint density at radius 1 is 0.864 bits per heavy atom. The molecule has 1 N–H and O–H groups in total. The Balaban J connectivity index is 1.11. The number of nitrogens with zero attached hydrogens (tertiary/aromatic N) is 4. The van der Waals surface area contributed by atoms with E-state index in [-0.39, 0.29) is 5.91 Å². The van der Waals surface area contributed by atoms with Crippen molar-refractivity contribution < 1.29 is 9.21 Å². The lowest BCUT2D eigenvalue weighted by molar-refractivity contribution is 0.0948. The molecule has 0 spiro atoms. The third-order valence-electron chi connectivity index (χ3n) is 7.49. The zero-order chi connectivity index (χ0) is 30.0. The summed E-state index contributed by atoms with van der Waals surface area (Å²) >= 11 is 1.59. The second kappa shape index (κ2) is 14.7. The molecule has 5 aromatic rings. The first kappa shape index (κ1) is 29.4. The van der Waals surface area contributed by atoms with Crippen molar-refractivity contribution >= 4 is 29.6 Å². The van der Waals surface area contributed by atoms with E-state index in [0.717, 1.165) is 66.3 Å². The van der Waals surface area contributed by atoms with Gasteiger partial charge in [0.2, 0.25) is 0 Å². The highest BCUT2D eigenvalue weighted by Crippen LogP contribution is 2.28. The number of hydrogen-bond acceptors (Lipinski definition) is 7. The third kappa shape index (κ3) is 8.03. The van der Waals surface area contributed by atoms with Gasteiger partial charge in [0.25, 0.3) is 5.91 Å². The van der Waals surface area contributed by atoms with Gasteiger partial charge in [0, 0.05) is 55.7 Å². The Hall–Kier alpha value is -4.66.